The van der Waals surface area contributed by atoms with Gasteiger partial charge in [0.15, 0.2) is 11.6 Å². The van der Waals surface area contributed by atoms with Crippen LogP contribution in [0, 0.1) is 6.92 Å². The number of rotatable bonds is 2. The highest BCUT2D eigenvalue weighted by Gasteiger charge is 2.19. The first-order valence-corrected chi connectivity index (χ1v) is 6.11. The van der Waals surface area contributed by atoms with Gasteiger partial charge in [-0.05, 0) is 36.8 Å². The summed E-state index contributed by atoms with van der Waals surface area (Å²) < 4.78 is 10.8. The second-order valence-electron chi connectivity index (χ2n) is 4.19. The van der Waals surface area contributed by atoms with Crippen molar-refractivity contribution in [3.63, 3.8) is 0 Å². The Hall–Kier alpha value is -2.20. The third kappa shape index (κ3) is 2.11. The van der Waals surface area contributed by atoms with Crippen LogP contribution in [0.4, 0.5) is 5.82 Å². The van der Waals surface area contributed by atoms with E-state index in [0.29, 0.717) is 27.9 Å². The van der Waals surface area contributed by atoms with Crippen molar-refractivity contribution in [1.29, 1.82) is 0 Å². The van der Waals surface area contributed by atoms with Crippen LogP contribution in [0.3, 0.4) is 0 Å². The molecular weight excluding hydrogens is 264 g/mol. The highest BCUT2D eigenvalue weighted by Crippen LogP contribution is 2.37. The van der Waals surface area contributed by atoms with Gasteiger partial charge in [-0.1, -0.05) is 28.9 Å². The molecular formula is C14H11ClN2O2. The summed E-state index contributed by atoms with van der Waals surface area (Å²) >= 11 is 5.88. The maximum atomic E-state index is 5.88. The van der Waals surface area contributed by atoms with Crippen LogP contribution in [0.15, 0.2) is 45.3 Å². The highest BCUT2D eigenvalue weighted by atomic mass is 35.5. The molecule has 0 radical (unpaired) electrons. The van der Waals surface area contributed by atoms with Crippen molar-refractivity contribution in [2.45, 2.75) is 6.92 Å². The monoisotopic (exact) mass is 274 g/mol. The summed E-state index contributed by atoms with van der Waals surface area (Å²) in [5.41, 5.74) is 7.47. The molecule has 0 unspecified atom stereocenters. The van der Waals surface area contributed by atoms with Crippen LogP contribution in [0.5, 0.6) is 0 Å². The van der Waals surface area contributed by atoms with Gasteiger partial charge in [0, 0.05) is 5.02 Å². The van der Waals surface area contributed by atoms with Crippen molar-refractivity contribution in [3.05, 3.63) is 47.2 Å². The number of benzene rings is 1. The second kappa shape index (κ2) is 4.48. The summed E-state index contributed by atoms with van der Waals surface area (Å²) in [5.74, 6) is 2.25. The fourth-order valence-corrected chi connectivity index (χ4v) is 2.05. The number of nitrogens with zero attached hydrogens (tertiary/aromatic N) is 1. The van der Waals surface area contributed by atoms with Crippen molar-refractivity contribution in [1.82, 2.24) is 5.16 Å². The quantitative estimate of drug-likeness (QED) is 0.762. The molecule has 5 heteroatoms. The molecule has 0 amide bonds. The Kier molecular flexibility index (Phi) is 2.80. The number of halogens is 1. The van der Waals surface area contributed by atoms with Crippen molar-refractivity contribution in [2.75, 3.05) is 5.73 Å². The maximum absolute atomic E-state index is 5.88. The predicted octanol–water partition coefficient (Wildman–Crippen LogP) is 4.15. The molecule has 0 atom stereocenters. The molecule has 19 heavy (non-hydrogen) atoms. The first kappa shape index (κ1) is 11.9. The van der Waals surface area contributed by atoms with E-state index >= 15 is 0 Å². The molecule has 0 aliphatic rings. The smallest absolute Gasteiger partial charge is 0.212 e. The third-order valence-electron chi connectivity index (χ3n) is 2.82. The molecule has 4 nitrogen and oxygen atoms in total. The zero-order valence-electron chi connectivity index (χ0n) is 10.2. The minimum absolute atomic E-state index is 0.325. The fourth-order valence-electron chi connectivity index (χ4n) is 1.92. The SMILES string of the molecule is Cc1ccc(-c2onc(N)c2-c2ccc(Cl)cc2)o1. The predicted molar refractivity (Wildman–Crippen MR) is 73.8 cm³/mol. The topological polar surface area (TPSA) is 65.2 Å². The number of nitrogen functional groups attached to an aromatic ring is 1. The number of aromatic nitrogens is 1. The summed E-state index contributed by atoms with van der Waals surface area (Å²) in [6.45, 7) is 1.87. The van der Waals surface area contributed by atoms with E-state index in [4.69, 9.17) is 26.3 Å². The Labute approximate surface area is 114 Å². The molecule has 3 aromatic rings. The van der Waals surface area contributed by atoms with Gasteiger partial charge in [-0.3, -0.25) is 0 Å². The zero-order chi connectivity index (χ0) is 13.4. The highest BCUT2D eigenvalue weighted by molar-refractivity contribution is 6.30. The van der Waals surface area contributed by atoms with Gasteiger partial charge in [0.25, 0.3) is 0 Å². The average molecular weight is 275 g/mol. The van der Waals surface area contributed by atoms with E-state index in [1.54, 1.807) is 12.1 Å². The van der Waals surface area contributed by atoms with E-state index in [9.17, 15) is 0 Å². The van der Waals surface area contributed by atoms with E-state index in [0.717, 1.165) is 11.3 Å². The molecule has 0 fully saturated rings. The first-order chi connectivity index (χ1) is 9.15. The molecule has 2 heterocycles. The molecule has 3 rings (SSSR count). The summed E-state index contributed by atoms with van der Waals surface area (Å²) in [5, 5.41) is 4.47. The van der Waals surface area contributed by atoms with E-state index in [2.05, 4.69) is 5.16 Å². The van der Waals surface area contributed by atoms with Gasteiger partial charge in [-0.25, -0.2) is 0 Å². The van der Waals surface area contributed by atoms with Crippen molar-refractivity contribution in [2.24, 2.45) is 0 Å². The van der Waals surface area contributed by atoms with E-state index in [1.807, 2.05) is 31.2 Å². The van der Waals surface area contributed by atoms with Gasteiger partial charge in [-0.15, -0.1) is 0 Å². The number of furan rings is 1. The van der Waals surface area contributed by atoms with Crippen LogP contribution >= 0.6 is 11.6 Å². The third-order valence-corrected chi connectivity index (χ3v) is 3.07. The van der Waals surface area contributed by atoms with Gasteiger partial charge >= 0.3 is 0 Å². The van der Waals surface area contributed by atoms with Gasteiger partial charge in [0.1, 0.15) is 5.76 Å². The minimum Gasteiger partial charge on any atom is -0.458 e. The molecule has 0 aliphatic heterocycles. The molecule has 0 saturated carbocycles. The largest absolute Gasteiger partial charge is 0.458 e. The lowest BCUT2D eigenvalue weighted by Crippen LogP contribution is -1.88. The fraction of sp³-hybridized carbons (Fsp3) is 0.0714. The summed E-state index contributed by atoms with van der Waals surface area (Å²) in [4.78, 5) is 0. The Bertz CT molecular complexity index is 713. The van der Waals surface area contributed by atoms with Gasteiger partial charge < -0.3 is 14.7 Å². The Morgan fingerprint density at radius 1 is 1.11 bits per heavy atom. The number of hydrogen-bond donors (Lipinski definition) is 1. The molecule has 0 bridgehead atoms. The summed E-state index contributed by atoms with van der Waals surface area (Å²) in [6.07, 6.45) is 0. The van der Waals surface area contributed by atoms with E-state index < -0.39 is 0 Å². The number of anilines is 1. The minimum atomic E-state index is 0.325. The maximum Gasteiger partial charge on any atom is 0.212 e. The lowest BCUT2D eigenvalue weighted by Gasteiger charge is -2.01. The van der Waals surface area contributed by atoms with Crippen molar-refractivity contribution in [3.8, 4) is 22.6 Å². The van der Waals surface area contributed by atoms with E-state index in [-0.39, 0.29) is 0 Å². The molecule has 2 N–H and O–H groups in total. The molecule has 0 spiro atoms. The first-order valence-electron chi connectivity index (χ1n) is 5.73. The van der Waals surface area contributed by atoms with Crippen LogP contribution in [-0.2, 0) is 0 Å². The van der Waals surface area contributed by atoms with Gasteiger partial charge in [-0.2, -0.15) is 0 Å². The molecule has 0 saturated heterocycles. The van der Waals surface area contributed by atoms with Crippen LogP contribution in [0.2, 0.25) is 5.02 Å². The molecule has 0 aliphatic carbocycles. The normalized spacial score (nSPS) is 10.8. The number of aryl methyl sites for hydroxylation is 1. The summed E-state index contributed by atoms with van der Waals surface area (Å²) in [7, 11) is 0. The lowest BCUT2D eigenvalue weighted by atomic mass is 10.0. The number of nitrogens with two attached hydrogens (primary N) is 1. The molecule has 96 valence electrons. The standard InChI is InChI=1S/C14H11ClN2O2/c1-8-2-7-11(18-8)13-12(14(16)17-19-13)9-3-5-10(15)6-4-9/h2-7H,1H3,(H2,16,17). The van der Waals surface area contributed by atoms with Crippen LogP contribution in [-0.4, -0.2) is 5.16 Å². The summed E-state index contributed by atoms with van der Waals surface area (Å²) in [6, 6.07) is 11.0. The lowest BCUT2D eigenvalue weighted by molar-refractivity contribution is 0.418. The number of hydrogen-bond acceptors (Lipinski definition) is 4. The Morgan fingerprint density at radius 2 is 1.84 bits per heavy atom. The van der Waals surface area contributed by atoms with Crippen molar-refractivity contribution >= 4 is 17.4 Å². The van der Waals surface area contributed by atoms with Gasteiger partial charge in [0.2, 0.25) is 5.76 Å². The van der Waals surface area contributed by atoms with E-state index in [1.165, 1.54) is 0 Å². The Balaban J connectivity index is 2.16. The van der Waals surface area contributed by atoms with Crippen LogP contribution < -0.4 is 5.73 Å². The second-order valence-corrected chi connectivity index (χ2v) is 4.63. The molecule has 1 aromatic carbocycles. The van der Waals surface area contributed by atoms with Crippen molar-refractivity contribution < 1.29 is 8.94 Å². The Morgan fingerprint density at radius 3 is 2.47 bits per heavy atom. The van der Waals surface area contributed by atoms with Crippen LogP contribution in [0.1, 0.15) is 5.76 Å². The average Bonchev–Trinajstić information content (AvgIpc) is 2.97. The van der Waals surface area contributed by atoms with Crippen LogP contribution in [0.25, 0.3) is 22.6 Å². The van der Waals surface area contributed by atoms with Gasteiger partial charge in [0.05, 0.1) is 5.56 Å². The molecule has 2 aromatic heterocycles. The zero-order valence-corrected chi connectivity index (χ0v) is 10.9.